The lowest BCUT2D eigenvalue weighted by Crippen LogP contribution is -2.35. The Labute approximate surface area is 116 Å². The van der Waals surface area contributed by atoms with Crippen molar-refractivity contribution in [3.05, 3.63) is 28.8 Å². The predicted molar refractivity (Wildman–Crippen MR) is 71.8 cm³/mol. The lowest BCUT2D eigenvalue weighted by atomic mass is 10.2. The van der Waals surface area contributed by atoms with E-state index >= 15 is 0 Å². The van der Waals surface area contributed by atoms with E-state index in [4.69, 9.17) is 21.4 Å². The van der Waals surface area contributed by atoms with E-state index in [1.807, 2.05) is 13.8 Å². The highest BCUT2D eigenvalue weighted by Gasteiger charge is 2.11. The monoisotopic (exact) mass is 285 g/mol. The normalized spacial score (nSPS) is 11.7. The number of nitrogens with one attached hydrogen (secondary N) is 1. The van der Waals surface area contributed by atoms with E-state index in [1.54, 1.807) is 0 Å². The van der Waals surface area contributed by atoms with Crippen LogP contribution in [0.4, 0.5) is 0 Å². The van der Waals surface area contributed by atoms with Crippen LogP contribution in [0, 0.1) is 0 Å². The van der Waals surface area contributed by atoms with Crippen molar-refractivity contribution in [2.75, 3.05) is 6.61 Å². The van der Waals surface area contributed by atoms with Gasteiger partial charge in [-0.25, -0.2) is 4.79 Å². The molecule has 1 aromatic rings. The van der Waals surface area contributed by atoms with Gasteiger partial charge in [0.15, 0.2) is 6.61 Å². The molecule has 0 radical (unpaired) electrons. The Kier molecular flexibility index (Phi) is 5.63. The van der Waals surface area contributed by atoms with Crippen LogP contribution in [0.3, 0.4) is 0 Å². The fraction of sp³-hybridized carbons (Fsp3) is 0.385. The summed E-state index contributed by atoms with van der Waals surface area (Å²) in [6.45, 7) is 3.69. The van der Waals surface area contributed by atoms with E-state index in [1.165, 1.54) is 18.2 Å². The minimum Gasteiger partial charge on any atom is -0.484 e. The highest BCUT2D eigenvalue weighted by Crippen LogP contribution is 2.22. The topological polar surface area (TPSA) is 75.6 Å². The van der Waals surface area contributed by atoms with E-state index in [0.717, 1.165) is 6.42 Å². The zero-order valence-corrected chi connectivity index (χ0v) is 11.5. The molecule has 0 heterocycles. The molecule has 1 aromatic carbocycles. The highest BCUT2D eigenvalue weighted by molar-refractivity contribution is 6.33. The van der Waals surface area contributed by atoms with Gasteiger partial charge in [-0.1, -0.05) is 18.5 Å². The molecule has 0 aliphatic rings. The molecule has 0 spiro atoms. The summed E-state index contributed by atoms with van der Waals surface area (Å²) >= 11 is 5.73. The number of aromatic carboxylic acids is 1. The molecule has 0 saturated heterocycles. The second-order valence-corrected chi connectivity index (χ2v) is 4.52. The SMILES string of the molecule is CCC(C)NC(=O)COc1ccc(Cl)c(C(=O)O)c1. The van der Waals surface area contributed by atoms with Gasteiger partial charge >= 0.3 is 5.97 Å². The number of benzene rings is 1. The zero-order valence-electron chi connectivity index (χ0n) is 10.8. The van der Waals surface area contributed by atoms with Crippen LogP contribution in [0.25, 0.3) is 0 Å². The number of carbonyl (C=O) groups is 2. The molecule has 0 aliphatic carbocycles. The van der Waals surface area contributed by atoms with Crippen LogP contribution < -0.4 is 10.1 Å². The number of rotatable bonds is 6. The third-order valence-electron chi connectivity index (χ3n) is 2.56. The Morgan fingerprint density at radius 2 is 2.16 bits per heavy atom. The van der Waals surface area contributed by atoms with Gasteiger partial charge in [-0.3, -0.25) is 4.79 Å². The molecule has 0 aromatic heterocycles. The maximum absolute atomic E-state index is 11.5. The molecule has 0 fully saturated rings. The van der Waals surface area contributed by atoms with Crippen molar-refractivity contribution in [2.24, 2.45) is 0 Å². The molecule has 104 valence electrons. The van der Waals surface area contributed by atoms with Gasteiger partial charge in [-0.2, -0.15) is 0 Å². The first-order valence-electron chi connectivity index (χ1n) is 5.89. The van der Waals surface area contributed by atoms with Crippen molar-refractivity contribution >= 4 is 23.5 Å². The molecular weight excluding hydrogens is 270 g/mol. The van der Waals surface area contributed by atoms with Crippen molar-refractivity contribution in [1.29, 1.82) is 0 Å². The molecule has 0 aliphatic heterocycles. The van der Waals surface area contributed by atoms with Gasteiger partial charge in [-0.15, -0.1) is 0 Å². The Balaban J connectivity index is 2.61. The summed E-state index contributed by atoms with van der Waals surface area (Å²) in [6.07, 6.45) is 0.829. The first kappa shape index (κ1) is 15.3. The molecule has 1 amide bonds. The third kappa shape index (κ3) is 4.79. The minimum atomic E-state index is -1.14. The Morgan fingerprint density at radius 1 is 1.47 bits per heavy atom. The molecule has 2 N–H and O–H groups in total. The van der Waals surface area contributed by atoms with Crippen LogP contribution in [0.2, 0.25) is 5.02 Å². The lowest BCUT2D eigenvalue weighted by molar-refractivity contribution is -0.123. The summed E-state index contributed by atoms with van der Waals surface area (Å²) in [7, 11) is 0. The van der Waals surface area contributed by atoms with Crippen molar-refractivity contribution < 1.29 is 19.4 Å². The van der Waals surface area contributed by atoms with Crippen LogP contribution in [-0.2, 0) is 4.79 Å². The summed E-state index contributed by atoms with van der Waals surface area (Å²) in [5, 5.41) is 11.8. The molecule has 19 heavy (non-hydrogen) atoms. The predicted octanol–water partition coefficient (Wildman–Crippen LogP) is 2.33. The Hall–Kier alpha value is -1.75. The van der Waals surface area contributed by atoms with Crippen LogP contribution in [0.5, 0.6) is 5.75 Å². The lowest BCUT2D eigenvalue weighted by Gasteiger charge is -2.12. The first-order valence-corrected chi connectivity index (χ1v) is 6.26. The van der Waals surface area contributed by atoms with E-state index in [9.17, 15) is 9.59 Å². The van der Waals surface area contributed by atoms with Crippen molar-refractivity contribution in [1.82, 2.24) is 5.32 Å². The highest BCUT2D eigenvalue weighted by atomic mass is 35.5. The maximum atomic E-state index is 11.5. The van der Waals surface area contributed by atoms with Crippen molar-refractivity contribution in [3.63, 3.8) is 0 Å². The number of ether oxygens (including phenoxy) is 1. The molecule has 1 atom stereocenters. The number of carboxylic acid groups (broad SMARTS) is 1. The van der Waals surface area contributed by atoms with Gasteiger partial charge in [-0.05, 0) is 31.5 Å². The van der Waals surface area contributed by atoms with Gasteiger partial charge in [0.25, 0.3) is 5.91 Å². The van der Waals surface area contributed by atoms with Gasteiger partial charge in [0.05, 0.1) is 10.6 Å². The van der Waals surface area contributed by atoms with Gasteiger partial charge in [0, 0.05) is 6.04 Å². The Morgan fingerprint density at radius 3 is 2.74 bits per heavy atom. The molecule has 5 nitrogen and oxygen atoms in total. The fourth-order valence-electron chi connectivity index (χ4n) is 1.33. The number of carboxylic acids is 1. The number of carbonyl (C=O) groups excluding carboxylic acids is 1. The van der Waals surface area contributed by atoms with E-state index in [0.29, 0.717) is 5.75 Å². The number of hydrogen-bond acceptors (Lipinski definition) is 3. The average Bonchev–Trinajstić information content (AvgIpc) is 2.37. The molecule has 1 rings (SSSR count). The van der Waals surface area contributed by atoms with Gasteiger partial charge in [0.1, 0.15) is 5.75 Å². The first-order chi connectivity index (χ1) is 8.93. The van der Waals surface area contributed by atoms with Crippen LogP contribution >= 0.6 is 11.6 Å². The van der Waals surface area contributed by atoms with Crippen molar-refractivity contribution in [2.45, 2.75) is 26.3 Å². The quantitative estimate of drug-likeness (QED) is 0.841. The fourth-order valence-corrected chi connectivity index (χ4v) is 1.52. The minimum absolute atomic E-state index is 0.0542. The maximum Gasteiger partial charge on any atom is 0.337 e. The third-order valence-corrected chi connectivity index (χ3v) is 2.89. The molecular formula is C13H16ClNO4. The Bertz CT molecular complexity index is 476. The molecule has 6 heteroatoms. The average molecular weight is 286 g/mol. The van der Waals surface area contributed by atoms with E-state index in [-0.39, 0.29) is 29.1 Å². The van der Waals surface area contributed by atoms with Crippen LogP contribution in [0.15, 0.2) is 18.2 Å². The van der Waals surface area contributed by atoms with E-state index < -0.39 is 5.97 Å². The van der Waals surface area contributed by atoms with Gasteiger partial charge in [0.2, 0.25) is 0 Å². The zero-order chi connectivity index (χ0) is 14.4. The number of amides is 1. The second-order valence-electron chi connectivity index (χ2n) is 4.11. The summed E-state index contributed by atoms with van der Waals surface area (Å²) in [5.74, 6) is -1.10. The summed E-state index contributed by atoms with van der Waals surface area (Å²) < 4.78 is 5.22. The second kappa shape index (κ2) is 6.99. The standard InChI is InChI=1S/C13H16ClNO4/c1-3-8(2)15-12(16)7-19-9-4-5-11(14)10(6-9)13(17)18/h4-6,8H,3,7H2,1-2H3,(H,15,16)(H,17,18). The molecule has 1 unspecified atom stereocenters. The summed E-state index contributed by atoms with van der Waals surface area (Å²) in [6, 6.07) is 4.32. The largest absolute Gasteiger partial charge is 0.484 e. The number of hydrogen-bond donors (Lipinski definition) is 2. The summed E-state index contributed by atoms with van der Waals surface area (Å²) in [5.41, 5.74) is -0.0542. The van der Waals surface area contributed by atoms with Crippen LogP contribution in [0.1, 0.15) is 30.6 Å². The summed E-state index contributed by atoms with van der Waals surface area (Å²) in [4.78, 5) is 22.4. The van der Waals surface area contributed by atoms with Crippen molar-refractivity contribution in [3.8, 4) is 5.75 Å². The smallest absolute Gasteiger partial charge is 0.337 e. The molecule has 0 bridgehead atoms. The molecule has 0 saturated carbocycles. The number of halogens is 1. The van der Waals surface area contributed by atoms with E-state index in [2.05, 4.69) is 5.32 Å². The van der Waals surface area contributed by atoms with Crippen LogP contribution in [-0.4, -0.2) is 29.6 Å². The van der Waals surface area contributed by atoms with Gasteiger partial charge < -0.3 is 15.2 Å².